The van der Waals surface area contributed by atoms with Gasteiger partial charge in [0, 0.05) is 7.11 Å². The highest BCUT2D eigenvalue weighted by Crippen LogP contribution is 2.45. The van der Waals surface area contributed by atoms with Crippen LogP contribution in [0.25, 0.3) is 0 Å². The maximum absolute atomic E-state index is 5.98. The molecule has 0 bridgehead atoms. The van der Waals surface area contributed by atoms with E-state index in [2.05, 4.69) is 54.6 Å². The van der Waals surface area contributed by atoms with Gasteiger partial charge < -0.3 is 9.47 Å². The minimum absolute atomic E-state index is 0.108. The molecular formula is C21H26O2. The Balaban J connectivity index is 1.70. The molecule has 1 aliphatic carbocycles. The van der Waals surface area contributed by atoms with Crippen LogP contribution in [0.3, 0.4) is 0 Å². The summed E-state index contributed by atoms with van der Waals surface area (Å²) in [6, 6.07) is 19.3. The van der Waals surface area contributed by atoms with Crippen LogP contribution in [0, 0.1) is 0 Å². The standard InChI is InChI=1S/C21H26O2/c1-3-23-20-11-9-17(10-12-20)18-13-15-21(22-2,16-14-18)19-7-5-4-6-8-19/h4-12,18H,3,13-16H2,1-2H3. The Kier molecular flexibility index (Phi) is 5.02. The highest BCUT2D eigenvalue weighted by Gasteiger charge is 2.37. The van der Waals surface area contributed by atoms with E-state index in [4.69, 9.17) is 9.47 Å². The fraction of sp³-hybridized carbons (Fsp3) is 0.429. The average Bonchev–Trinajstić information content (AvgIpc) is 2.63. The predicted molar refractivity (Wildman–Crippen MR) is 93.9 cm³/mol. The Morgan fingerprint density at radius 2 is 1.61 bits per heavy atom. The molecule has 2 aromatic carbocycles. The van der Waals surface area contributed by atoms with Gasteiger partial charge >= 0.3 is 0 Å². The molecule has 0 saturated heterocycles. The highest BCUT2D eigenvalue weighted by molar-refractivity contribution is 5.31. The summed E-state index contributed by atoms with van der Waals surface area (Å²) in [4.78, 5) is 0. The molecule has 122 valence electrons. The molecule has 0 N–H and O–H groups in total. The van der Waals surface area contributed by atoms with Gasteiger partial charge in [-0.2, -0.15) is 0 Å². The first-order valence-corrected chi connectivity index (χ1v) is 8.61. The Bertz CT molecular complexity index is 595. The molecule has 1 aliphatic rings. The zero-order valence-corrected chi connectivity index (χ0v) is 14.1. The third-order valence-electron chi connectivity index (χ3n) is 5.15. The zero-order chi connectivity index (χ0) is 16.1. The largest absolute Gasteiger partial charge is 0.494 e. The van der Waals surface area contributed by atoms with Crippen LogP contribution in [-0.4, -0.2) is 13.7 Å². The van der Waals surface area contributed by atoms with Gasteiger partial charge in [-0.15, -0.1) is 0 Å². The molecule has 23 heavy (non-hydrogen) atoms. The van der Waals surface area contributed by atoms with E-state index in [0.29, 0.717) is 5.92 Å². The number of rotatable bonds is 5. The Morgan fingerprint density at radius 1 is 0.957 bits per heavy atom. The lowest BCUT2D eigenvalue weighted by Crippen LogP contribution is -2.33. The Labute approximate surface area is 139 Å². The number of hydrogen-bond acceptors (Lipinski definition) is 2. The molecule has 0 unspecified atom stereocenters. The van der Waals surface area contributed by atoms with Gasteiger partial charge in [0.1, 0.15) is 5.75 Å². The first kappa shape index (κ1) is 16.1. The van der Waals surface area contributed by atoms with E-state index in [0.717, 1.165) is 38.0 Å². The molecule has 0 aromatic heterocycles. The number of benzene rings is 2. The fourth-order valence-corrected chi connectivity index (χ4v) is 3.77. The van der Waals surface area contributed by atoms with Crippen molar-refractivity contribution in [2.75, 3.05) is 13.7 Å². The summed E-state index contributed by atoms with van der Waals surface area (Å²) in [5.41, 5.74) is 2.63. The lowest BCUT2D eigenvalue weighted by atomic mass is 9.73. The second kappa shape index (κ2) is 7.18. The monoisotopic (exact) mass is 310 g/mol. The highest BCUT2D eigenvalue weighted by atomic mass is 16.5. The first-order chi connectivity index (χ1) is 11.3. The number of methoxy groups -OCH3 is 1. The van der Waals surface area contributed by atoms with Crippen molar-refractivity contribution in [1.29, 1.82) is 0 Å². The SMILES string of the molecule is CCOc1ccc(C2CCC(OC)(c3ccccc3)CC2)cc1. The third kappa shape index (κ3) is 3.42. The summed E-state index contributed by atoms with van der Waals surface area (Å²) in [6.07, 6.45) is 4.48. The van der Waals surface area contributed by atoms with Crippen LogP contribution in [0.2, 0.25) is 0 Å². The third-order valence-corrected chi connectivity index (χ3v) is 5.15. The van der Waals surface area contributed by atoms with Gasteiger partial charge in [0.15, 0.2) is 0 Å². The summed E-state index contributed by atoms with van der Waals surface area (Å²) in [5.74, 6) is 1.58. The van der Waals surface area contributed by atoms with Crippen LogP contribution in [0.4, 0.5) is 0 Å². The number of ether oxygens (including phenoxy) is 2. The molecule has 3 rings (SSSR count). The van der Waals surface area contributed by atoms with Gasteiger partial charge in [-0.05, 0) is 61.8 Å². The molecule has 0 aliphatic heterocycles. The smallest absolute Gasteiger partial charge is 0.119 e. The van der Waals surface area contributed by atoms with Gasteiger partial charge in [0.05, 0.1) is 12.2 Å². The molecule has 1 saturated carbocycles. The topological polar surface area (TPSA) is 18.5 Å². The summed E-state index contributed by atoms with van der Waals surface area (Å²) in [7, 11) is 1.85. The second-order valence-electron chi connectivity index (χ2n) is 6.34. The number of hydrogen-bond donors (Lipinski definition) is 0. The van der Waals surface area contributed by atoms with Crippen molar-refractivity contribution in [3.8, 4) is 5.75 Å². The van der Waals surface area contributed by atoms with E-state index in [1.807, 2.05) is 14.0 Å². The Morgan fingerprint density at radius 3 is 2.17 bits per heavy atom. The van der Waals surface area contributed by atoms with Gasteiger partial charge in [-0.1, -0.05) is 42.5 Å². The molecule has 1 fully saturated rings. The summed E-state index contributed by atoms with van der Waals surface area (Å²) >= 11 is 0. The zero-order valence-electron chi connectivity index (χ0n) is 14.1. The minimum atomic E-state index is -0.108. The molecule has 0 radical (unpaired) electrons. The van der Waals surface area contributed by atoms with Gasteiger partial charge in [-0.25, -0.2) is 0 Å². The van der Waals surface area contributed by atoms with Crippen LogP contribution < -0.4 is 4.74 Å². The van der Waals surface area contributed by atoms with E-state index in [1.165, 1.54) is 11.1 Å². The van der Waals surface area contributed by atoms with Crippen molar-refractivity contribution in [3.63, 3.8) is 0 Å². The van der Waals surface area contributed by atoms with Crippen LogP contribution in [0.15, 0.2) is 54.6 Å². The molecule has 2 heteroatoms. The lowest BCUT2D eigenvalue weighted by Gasteiger charge is -2.39. The van der Waals surface area contributed by atoms with E-state index in [1.54, 1.807) is 0 Å². The van der Waals surface area contributed by atoms with E-state index in [9.17, 15) is 0 Å². The van der Waals surface area contributed by atoms with Crippen molar-refractivity contribution in [2.45, 2.75) is 44.1 Å². The predicted octanol–water partition coefficient (Wildman–Crippen LogP) is 5.28. The van der Waals surface area contributed by atoms with Crippen molar-refractivity contribution in [2.24, 2.45) is 0 Å². The maximum Gasteiger partial charge on any atom is 0.119 e. The normalized spacial score (nSPS) is 24.3. The molecule has 0 spiro atoms. The molecule has 0 atom stereocenters. The van der Waals surface area contributed by atoms with Crippen molar-refractivity contribution in [1.82, 2.24) is 0 Å². The second-order valence-corrected chi connectivity index (χ2v) is 6.34. The van der Waals surface area contributed by atoms with Crippen LogP contribution in [0.1, 0.15) is 49.7 Å². The van der Waals surface area contributed by atoms with Crippen LogP contribution in [0.5, 0.6) is 5.75 Å². The maximum atomic E-state index is 5.98. The van der Waals surface area contributed by atoms with Crippen molar-refractivity contribution >= 4 is 0 Å². The van der Waals surface area contributed by atoms with Crippen molar-refractivity contribution in [3.05, 3.63) is 65.7 Å². The fourth-order valence-electron chi connectivity index (χ4n) is 3.77. The summed E-state index contributed by atoms with van der Waals surface area (Å²) in [6.45, 7) is 2.74. The van der Waals surface area contributed by atoms with Crippen molar-refractivity contribution < 1.29 is 9.47 Å². The first-order valence-electron chi connectivity index (χ1n) is 8.61. The van der Waals surface area contributed by atoms with Crippen LogP contribution in [-0.2, 0) is 10.3 Å². The van der Waals surface area contributed by atoms with E-state index < -0.39 is 0 Å². The van der Waals surface area contributed by atoms with E-state index >= 15 is 0 Å². The van der Waals surface area contributed by atoms with Gasteiger partial charge in [0.25, 0.3) is 0 Å². The Hall–Kier alpha value is -1.80. The quantitative estimate of drug-likeness (QED) is 0.747. The average molecular weight is 310 g/mol. The van der Waals surface area contributed by atoms with Gasteiger partial charge in [-0.3, -0.25) is 0 Å². The molecule has 2 nitrogen and oxygen atoms in total. The molecular weight excluding hydrogens is 284 g/mol. The van der Waals surface area contributed by atoms with E-state index in [-0.39, 0.29) is 5.60 Å². The minimum Gasteiger partial charge on any atom is -0.494 e. The summed E-state index contributed by atoms with van der Waals surface area (Å²) < 4.78 is 11.5. The molecule has 2 aromatic rings. The summed E-state index contributed by atoms with van der Waals surface area (Å²) in [5, 5.41) is 0. The van der Waals surface area contributed by atoms with Crippen LogP contribution >= 0.6 is 0 Å². The lowest BCUT2D eigenvalue weighted by molar-refractivity contribution is -0.0482. The molecule has 0 heterocycles. The van der Waals surface area contributed by atoms with Gasteiger partial charge in [0.2, 0.25) is 0 Å². The molecule has 0 amide bonds.